The van der Waals surface area contributed by atoms with Gasteiger partial charge in [0.25, 0.3) is 5.92 Å². The van der Waals surface area contributed by atoms with Crippen molar-refractivity contribution in [2.75, 3.05) is 13.7 Å². The number of ether oxygens (including phenoxy) is 1. The second-order valence-corrected chi connectivity index (χ2v) is 9.51. The maximum Gasteiger partial charge on any atom is 0.352 e. The SMILES string of the molecule is COc1ccc(Cn2c(=O)n3ncnc3c3c4c(sc32)CN(C(=O)[C@@H]2CC2(F)F)CC4)cc1. The molecule has 1 aliphatic carbocycles. The number of alkyl halides is 2. The molecule has 0 unspecified atom stereocenters. The van der Waals surface area contributed by atoms with Crippen LogP contribution in [0.5, 0.6) is 5.75 Å². The van der Waals surface area contributed by atoms with E-state index in [1.807, 2.05) is 24.3 Å². The molecule has 4 heterocycles. The summed E-state index contributed by atoms with van der Waals surface area (Å²) in [5.74, 6) is -3.86. The van der Waals surface area contributed by atoms with Gasteiger partial charge in [-0.2, -0.15) is 9.61 Å². The number of aromatic nitrogens is 4. The van der Waals surface area contributed by atoms with Crippen LogP contribution in [0.4, 0.5) is 8.78 Å². The molecular formula is C22H19F2N5O3S. The third-order valence-electron chi connectivity index (χ3n) is 6.40. The number of carbonyl (C=O) groups is 1. The van der Waals surface area contributed by atoms with Crippen LogP contribution >= 0.6 is 11.3 Å². The maximum atomic E-state index is 13.4. The van der Waals surface area contributed by atoms with Crippen LogP contribution in [-0.2, 0) is 24.3 Å². The van der Waals surface area contributed by atoms with Crippen molar-refractivity contribution in [3.8, 4) is 5.75 Å². The lowest BCUT2D eigenvalue weighted by Crippen LogP contribution is -2.37. The Kier molecular flexibility index (Phi) is 4.35. The molecule has 33 heavy (non-hydrogen) atoms. The van der Waals surface area contributed by atoms with Crippen molar-refractivity contribution in [1.29, 1.82) is 0 Å². The fourth-order valence-electron chi connectivity index (χ4n) is 4.51. The molecule has 1 fully saturated rings. The number of rotatable bonds is 4. The molecule has 11 heteroatoms. The summed E-state index contributed by atoms with van der Waals surface area (Å²) in [5, 5.41) is 4.96. The predicted octanol–water partition coefficient (Wildman–Crippen LogP) is 2.70. The van der Waals surface area contributed by atoms with Gasteiger partial charge < -0.3 is 9.64 Å². The minimum atomic E-state index is -2.88. The molecule has 8 nitrogen and oxygen atoms in total. The third kappa shape index (κ3) is 3.13. The standard InChI is InChI=1S/C22H19F2N5O3S/c1-32-13-4-2-12(3-5-13)9-28-20-17(18-25-11-26-29(18)21(28)31)14-6-7-27(10-16(14)33-20)19(30)15-8-22(15,23)24/h2-5,11,15H,6-10H2,1H3/t15-/m0/s1. The van der Waals surface area contributed by atoms with Gasteiger partial charge in [0, 0.05) is 17.8 Å². The highest BCUT2D eigenvalue weighted by Crippen LogP contribution is 2.50. The lowest BCUT2D eigenvalue weighted by atomic mass is 10.0. The van der Waals surface area contributed by atoms with Gasteiger partial charge in [-0.1, -0.05) is 12.1 Å². The van der Waals surface area contributed by atoms with Crippen LogP contribution in [0.3, 0.4) is 0 Å². The Morgan fingerprint density at radius 1 is 1.30 bits per heavy atom. The molecule has 0 saturated heterocycles. The zero-order valence-corrected chi connectivity index (χ0v) is 18.4. The van der Waals surface area contributed by atoms with E-state index < -0.39 is 17.7 Å². The average Bonchev–Trinajstić information content (AvgIpc) is 3.15. The number of hydrogen-bond acceptors (Lipinski definition) is 6. The minimum Gasteiger partial charge on any atom is -0.497 e. The Labute approximate surface area is 190 Å². The van der Waals surface area contributed by atoms with Crippen LogP contribution in [-0.4, -0.2) is 49.5 Å². The van der Waals surface area contributed by atoms with E-state index in [4.69, 9.17) is 4.74 Å². The predicted molar refractivity (Wildman–Crippen MR) is 117 cm³/mol. The normalized spacial score (nSPS) is 19.1. The highest BCUT2D eigenvalue weighted by molar-refractivity contribution is 7.19. The number of hydrogen-bond donors (Lipinski definition) is 0. The van der Waals surface area contributed by atoms with Crippen LogP contribution in [0.25, 0.3) is 15.9 Å². The lowest BCUT2D eigenvalue weighted by Gasteiger charge is -2.27. The van der Waals surface area contributed by atoms with Crippen molar-refractivity contribution in [3.63, 3.8) is 0 Å². The molecule has 3 aromatic heterocycles. The summed E-state index contributed by atoms with van der Waals surface area (Å²) in [4.78, 5) is 33.3. The summed E-state index contributed by atoms with van der Waals surface area (Å²) in [6.07, 6.45) is 1.50. The van der Waals surface area contributed by atoms with Gasteiger partial charge in [0.1, 0.15) is 22.8 Å². The number of amides is 1. The molecule has 6 rings (SSSR count). The highest BCUT2D eigenvalue weighted by atomic mass is 32.1. The van der Waals surface area contributed by atoms with Crippen molar-refractivity contribution >= 4 is 33.1 Å². The monoisotopic (exact) mass is 471 g/mol. The molecule has 1 atom stereocenters. The largest absolute Gasteiger partial charge is 0.497 e. The highest BCUT2D eigenvalue weighted by Gasteiger charge is 2.62. The summed E-state index contributed by atoms with van der Waals surface area (Å²) < 4.78 is 35.1. The van der Waals surface area contributed by atoms with E-state index in [1.54, 1.807) is 11.7 Å². The van der Waals surface area contributed by atoms with Crippen LogP contribution in [0, 0.1) is 5.92 Å². The molecule has 0 radical (unpaired) electrons. The van der Waals surface area contributed by atoms with Gasteiger partial charge in [-0.3, -0.25) is 9.36 Å². The average molecular weight is 471 g/mol. The molecule has 0 bridgehead atoms. The van der Waals surface area contributed by atoms with E-state index >= 15 is 0 Å². The van der Waals surface area contributed by atoms with Crippen LogP contribution < -0.4 is 10.4 Å². The van der Waals surface area contributed by atoms with Gasteiger partial charge >= 0.3 is 5.69 Å². The van der Waals surface area contributed by atoms with E-state index in [0.29, 0.717) is 25.2 Å². The Morgan fingerprint density at radius 2 is 2.06 bits per heavy atom. The van der Waals surface area contributed by atoms with Crippen molar-refractivity contribution < 1.29 is 18.3 Å². The van der Waals surface area contributed by atoms with Gasteiger partial charge in [-0.15, -0.1) is 11.3 Å². The summed E-state index contributed by atoms with van der Waals surface area (Å²) >= 11 is 1.41. The molecule has 0 spiro atoms. The summed E-state index contributed by atoms with van der Waals surface area (Å²) in [7, 11) is 1.59. The number of benzene rings is 1. The van der Waals surface area contributed by atoms with Crippen LogP contribution in [0.15, 0.2) is 35.4 Å². The molecule has 4 aromatic rings. The number of nitrogens with zero attached hydrogens (tertiary/aromatic N) is 5. The molecule has 1 aromatic carbocycles. The Balaban J connectivity index is 1.44. The molecule has 2 aliphatic rings. The Bertz CT molecular complexity index is 1470. The van der Waals surface area contributed by atoms with Crippen molar-refractivity contribution in [2.45, 2.75) is 31.9 Å². The summed E-state index contributed by atoms with van der Waals surface area (Å²) in [6.45, 7) is 0.949. The first-order valence-electron chi connectivity index (χ1n) is 10.5. The van der Waals surface area contributed by atoms with E-state index in [0.717, 1.165) is 32.0 Å². The second-order valence-electron chi connectivity index (χ2n) is 8.42. The number of thiophene rings is 1. The zero-order valence-electron chi connectivity index (χ0n) is 17.6. The fraction of sp³-hybridized carbons (Fsp3) is 0.364. The van der Waals surface area contributed by atoms with Crippen LogP contribution in [0.1, 0.15) is 22.4 Å². The number of methoxy groups -OCH3 is 1. The van der Waals surface area contributed by atoms with Crippen molar-refractivity contribution in [3.05, 3.63) is 57.1 Å². The van der Waals surface area contributed by atoms with Crippen LogP contribution in [0.2, 0.25) is 0 Å². The second kappa shape index (κ2) is 7.08. The van der Waals surface area contributed by atoms with Gasteiger partial charge in [0.15, 0.2) is 5.65 Å². The zero-order chi connectivity index (χ0) is 22.9. The van der Waals surface area contributed by atoms with E-state index in [-0.39, 0.29) is 18.7 Å². The first-order chi connectivity index (χ1) is 15.9. The Hall–Kier alpha value is -3.34. The Morgan fingerprint density at radius 3 is 2.76 bits per heavy atom. The fourth-order valence-corrected chi connectivity index (χ4v) is 5.86. The molecule has 1 aliphatic heterocycles. The number of fused-ring (bicyclic) bond motifs is 5. The smallest absolute Gasteiger partial charge is 0.352 e. The van der Waals surface area contributed by atoms with E-state index in [2.05, 4.69) is 10.1 Å². The summed E-state index contributed by atoms with van der Waals surface area (Å²) in [6, 6.07) is 7.46. The molecule has 1 amide bonds. The molecule has 0 N–H and O–H groups in total. The lowest BCUT2D eigenvalue weighted by molar-refractivity contribution is -0.135. The number of halogens is 2. The van der Waals surface area contributed by atoms with E-state index in [9.17, 15) is 18.4 Å². The first-order valence-corrected chi connectivity index (χ1v) is 11.4. The molecule has 170 valence electrons. The maximum absolute atomic E-state index is 13.4. The third-order valence-corrected chi connectivity index (χ3v) is 7.64. The summed E-state index contributed by atoms with van der Waals surface area (Å²) in [5.41, 5.74) is 2.09. The van der Waals surface area contributed by atoms with Crippen molar-refractivity contribution in [2.24, 2.45) is 5.92 Å². The minimum absolute atomic E-state index is 0.261. The topological polar surface area (TPSA) is 81.7 Å². The molecule has 1 saturated carbocycles. The number of carbonyl (C=O) groups excluding carboxylic acids is 1. The first kappa shape index (κ1) is 20.3. The van der Waals surface area contributed by atoms with Gasteiger partial charge in [-0.05, 0) is 29.7 Å². The quantitative estimate of drug-likeness (QED) is 0.457. The van der Waals surface area contributed by atoms with Crippen molar-refractivity contribution in [1.82, 2.24) is 24.1 Å². The van der Waals surface area contributed by atoms with Gasteiger partial charge in [0.05, 0.1) is 25.6 Å². The molecular weight excluding hydrogens is 452 g/mol. The van der Waals surface area contributed by atoms with Gasteiger partial charge in [0.2, 0.25) is 5.91 Å². The van der Waals surface area contributed by atoms with E-state index in [1.165, 1.54) is 27.1 Å². The van der Waals surface area contributed by atoms with Gasteiger partial charge in [-0.25, -0.2) is 18.6 Å².